The summed E-state index contributed by atoms with van der Waals surface area (Å²) in [6, 6.07) is 0. The summed E-state index contributed by atoms with van der Waals surface area (Å²) in [5.74, 6) is 0. The van der Waals surface area contributed by atoms with Gasteiger partial charge in [-0.3, -0.25) is 0 Å². The van der Waals surface area contributed by atoms with Crippen LogP contribution in [0.5, 0.6) is 0 Å². The van der Waals surface area contributed by atoms with Gasteiger partial charge in [-0.15, -0.1) is 11.3 Å². The first-order valence-corrected chi connectivity index (χ1v) is 5.82. The minimum absolute atomic E-state index is 0.412. The molecule has 0 atom stereocenters. The standard InChI is InChI=1S/C11H19NS/c1-5-6-11(3,4)7-10-8-13-9(2)12-10/h8H,5-7H2,1-4H3. The summed E-state index contributed by atoms with van der Waals surface area (Å²) in [6.07, 6.45) is 3.66. The maximum atomic E-state index is 4.50. The molecule has 0 N–H and O–H groups in total. The Balaban J connectivity index is 2.57. The third kappa shape index (κ3) is 3.47. The number of rotatable bonds is 4. The summed E-state index contributed by atoms with van der Waals surface area (Å²) >= 11 is 1.75. The lowest BCUT2D eigenvalue weighted by molar-refractivity contribution is 0.326. The summed E-state index contributed by atoms with van der Waals surface area (Å²) < 4.78 is 0. The maximum absolute atomic E-state index is 4.50. The van der Waals surface area contributed by atoms with Crippen LogP contribution < -0.4 is 0 Å². The second-order valence-electron chi connectivity index (χ2n) is 4.45. The van der Waals surface area contributed by atoms with Crippen molar-refractivity contribution in [3.63, 3.8) is 0 Å². The van der Waals surface area contributed by atoms with Crippen LogP contribution in [0.15, 0.2) is 5.38 Å². The summed E-state index contributed by atoms with van der Waals surface area (Å²) in [5, 5.41) is 3.37. The van der Waals surface area contributed by atoms with Crippen LogP contribution >= 0.6 is 11.3 Å². The van der Waals surface area contributed by atoms with E-state index in [1.807, 2.05) is 0 Å². The smallest absolute Gasteiger partial charge is 0.0897 e. The van der Waals surface area contributed by atoms with E-state index in [2.05, 4.69) is 38.1 Å². The molecule has 1 rings (SSSR count). The topological polar surface area (TPSA) is 12.9 Å². The van der Waals surface area contributed by atoms with Gasteiger partial charge >= 0.3 is 0 Å². The minimum atomic E-state index is 0.412. The van der Waals surface area contributed by atoms with E-state index in [-0.39, 0.29) is 0 Å². The Hall–Kier alpha value is -0.370. The van der Waals surface area contributed by atoms with Gasteiger partial charge < -0.3 is 0 Å². The fourth-order valence-corrected chi connectivity index (χ4v) is 2.36. The van der Waals surface area contributed by atoms with E-state index in [1.54, 1.807) is 11.3 Å². The number of thiazole rings is 1. The average Bonchev–Trinajstić information content (AvgIpc) is 2.34. The van der Waals surface area contributed by atoms with Crippen LogP contribution in [0.2, 0.25) is 0 Å². The van der Waals surface area contributed by atoms with Gasteiger partial charge in [0.05, 0.1) is 10.7 Å². The molecule has 0 unspecified atom stereocenters. The molecule has 0 fully saturated rings. The summed E-state index contributed by atoms with van der Waals surface area (Å²) in [4.78, 5) is 4.50. The van der Waals surface area contributed by atoms with Gasteiger partial charge in [0.2, 0.25) is 0 Å². The van der Waals surface area contributed by atoms with Gasteiger partial charge in [0.25, 0.3) is 0 Å². The van der Waals surface area contributed by atoms with Crippen molar-refractivity contribution in [2.45, 2.75) is 47.0 Å². The van der Waals surface area contributed by atoms with Crippen LogP contribution in [-0.4, -0.2) is 4.98 Å². The molecule has 0 radical (unpaired) electrons. The fourth-order valence-electron chi connectivity index (χ4n) is 1.74. The Morgan fingerprint density at radius 1 is 1.46 bits per heavy atom. The maximum Gasteiger partial charge on any atom is 0.0897 e. The molecule has 0 amide bonds. The van der Waals surface area contributed by atoms with E-state index in [0.29, 0.717) is 5.41 Å². The first-order valence-electron chi connectivity index (χ1n) is 4.94. The van der Waals surface area contributed by atoms with Crippen molar-refractivity contribution >= 4 is 11.3 Å². The molecule has 1 nitrogen and oxygen atoms in total. The quantitative estimate of drug-likeness (QED) is 0.715. The zero-order chi connectivity index (χ0) is 9.90. The fraction of sp³-hybridized carbons (Fsp3) is 0.727. The zero-order valence-electron chi connectivity index (χ0n) is 9.05. The van der Waals surface area contributed by atoms with Crippen LogP contribution in [0.3, 0.4) is 0 Å². The third-order valence-corrected chi connectivity index (χ3v) is 3.08. The minimum Gasteiger partial charge on any atom is -0.247 e. The highest BCUT2D eigenvalue weighted by Crippen LogP contribution is 2.27. The molecule has 0 saturated heterocycles. The molecular weight excluding hydrogens is 178 g/mol. The third-order valence-electron chi connectivity index (χ3n) is 2.25. The van der Waals surface area contributed by atoms with Crippen LogP contribution in [0, 0.1) is 12.3 Å². The number of nitrogens with zero attached hydrogens (tertiary/aromatic N) is 1. The van der Waals surface area contributed by atoms with Crippen molar-refractivity contribution in [2.24, 2.45) is 5.41 Å². The summed E-state index contributed by atoms with van der Waals surface area (Å²) in [7, 11) is 0. The van der Waals surface area contributed by atoms with Crippen molar-refractivity contribution in [3.05, 3.63) is 16.1 Å². The van der Waals surface area contributed by atoms with Gasteiger partial charge in [-0.25, -0.2) is 4.98 Å². The molecule has 0 aromatic carbocycles. The lowest BCUT2D eigenvalue weighted by atomic mass is 9.84. The first-order chi connectivity index (χ1) is 6.03. The van der Waals surface area contributed by atoms with E-state index >= 15 is 0 Å². The van der Waals surface area contributed by atoms with Crippen molar-refractivity contribution in [1.29, 1.82) is 0 Å². The highest BCUT2D eigenvalue weighted by atomic mass is 32.1. The van der Waals surface area contributed by atoms with Gasteiger partial charge in [0, 0.05) is 5.38 Å². The van der Waals surface area contributed by atoms with Crippen LogP contribution in [0.25, 0.3) is 0 Å². The molecule has 0 aliphatic carbocycles. The monoisotopic (exact) mass is 197 g/mol. The largest absolute Gasteiger partial charge is 0.247 e. The molecule has 13 heavy (non-hydrogen) atoms. The van der Waals surface area contributed by atoms with E-state index in [1.165, 1.54) is 23.5 Å². The SMILES string of the molecule is CCCC(C)(C)Cc1csc(C)n1. The van der Waals surface area contributed by atoms with Gasteiger partial charge in [0.1, 0.15) is 0 Å². The van der Waals surface area contributed by atoms with E-state index in [4.69, 9.17) is 0 Å². The molecule has 1 heterocycles. The van der Waals surface area contributed by atoms with Crippen LogP contribution in [0.1, 0.15) is 44.3 Å². The van der Waals surface area contributed by atoms with Crippen LogP contribution in [-0.2, 0) is 6.42 Å². The second kappa shape index (κ2) is 4.23. The molecule has 0 spiro atoms. The lowest BCUT2D eigenvalue weighted by Gasteiger charge is -2.22. The van der Waals surface area contributed by atoms with Gasteiger partial charge in [-0.05, 0) is 25.2 Å². The molecule has 2 heteroatoms. The van der Waals surface area contributed by atoms with Gasteiger partial charge in [-0.1, -0.05) is 27.2 Å². The Kier molecular flexibility index (Phi) is 3.48. The van der Waals surface area contributed by atoms with E-state index in [0.717, 1.165) is 6.42 Å². The van der Waals surface area contributed by atoms with Crippen molar-refractivity contribution in [3.8, 4) is 0 Å². The first kappa shape index (κ1) is 10.7. The molecule has 0 bridgehead atoms. The Morgan fingerprint density at radius 2 is 2.15 bits per heavy atom. The Morgan fingerprint density at radius 3 is 2.62 bits per heavy atom. The molecule has 0 aliphatic rings. The molecule has 1 aromatic rings. The number of hydrogen-bond acceptors (Lipinski definition) is 2. The highest BCUT2D eigenvalue weighted by molar-refractivity contribution is 7.09. The lowest BCUT2D eigenvalue weighted by Crippen LogP contribution is -2.14. The molecule has 1 aromatic heterocycles. The molecule has 74 valence electrons. The van der Waals surface area contributed by atoms with Crippen LogP contribution in [0.4, 0.5) is 0 Å². The van der Waals surface area contributed by atoms with E-state index < -0.39 is 0 Å². The predicted octanol–water partition coefficient (Wildman–Crippen LogP) is 3.82. The summed E-state index contributed by atoms with van der Waals surface area (Å²) in [6.45, 7) is 8.96. The average molecular weight is 197 g/mol. The molecule has 0 aliphatic heterocycles. The van der Waals surface area contributed by atoms with Gasteiger partial charge in [-0.2, -0.15) is 0 Å². The number of aromatic nitrogens is 1. The zero-order valence-corrected chi connectivity index (χ0v) is 9.87. The molecular formula is C11H19NS. The Bertz CT molecular complexity index is 263. The normalized spacial score (nSPS) is 12.0. The highest BCUT2D eigenvalue weighted by Gasteiger charge is 2.18. The van der Waals surface area contributed by atoms with Crippen molar-refractivity contribution in [1.82, 2.24) is 4.98 Å². The van der Waals surface area contributed by atoms with Crippen molar-refractivity contribution < 1.29 is 0 Å². The predicted molar refractivity (Wildman–Crippen MR) is 59.2 cm³/mol. The van der Waals surface area contributed by atoms with E-state index in [9.17, 15) is 0 Å². The summed E-state index contributed by atoms with van der Waals surface area (Å²) in [5.41, 5.74) is 1.68. The second-order valence-corrected chi connectivity index (χ2v) is 5.51. The van der Waals surface area contributed by atoms with Crippen molar-refractivity contribution in [2.75, 3.05) is 0 Å². The number of aryl methyl sites for hydroxylation is 1. The Labute approximate surface area is 85.2 Å². The van der Waals surface area contributed by atoms with Gasteiger partial charge in [0.15, 0.2) is 0 Å². The number of hydrogen-bond donors (Lipinski definition) is 0. The molecule has 0 saturated carbocycles.